The number of aliphatic hydroxyl groups excluding tert-OH is 4. The molecular formula is C20H40O8. The number of hydrogen-bond acceptors (Lipinski definition) is 8. The Morgan fingerprint density at radius 3 is 1.93 bits per heavy atom. The maximum Gasteiger partial charge on any atom is 0.306 e. The monoisotopic (exact) mass is 408 g/mol. The first-order chi connectivity index (χ1) is 13.5. The number of rotatable bonds is 19. The molecule has 0 aromatic heterocycles. The van der Waals surface area contributed by atoms with Crippen molar-refractivity contribution in [3.8, 4) is 0 Å². The van der Waals surface area contributed by atoms with Crippen molar-refractivity contribution in [3.05, 3.63) is 0 Å². The van der Waals surface area contributed by atoms with Crippen molar-refractivity contribution in [1.82, 2.24) is 0 Å². The van der Waals surface area contributed by atoms with E-state index in [1.54, 1.807) is 6.92 Å². The quantitative estimate of drug-likeness (QED) is 0.110. The summed E-state index contributed by atoms with van der Waals surface area (Å²) in [6, 6.07) is 0. The van der Waals surface area contributed by atoms with Gasteiger partial charge in [-0.1, -0.05) is 58.3 Å². The van der Waals surface area contributed by atoms with Crippen LogP contribution in [0.4, 0.5) is 0 Å². The number of esters is 1. The maximum absolute atomic E-state index is 12.0. The van der Waals surface area contributed by atoms with Gasteiger partial charge < -0.3 is 25.2 Å². The van der Waals surface area contributed by atoms with E-state index in [1.807, 2.05) is 0 Å². The van der Waals surface area contributed by atoms with E-state index in [4.69, 9.17) is 19.6 Å². The number of carbonyl (C=O) groups is 1. The van der Waals surface area contributed by atoms with E-state index in [1.165, 1.54) is 32.1 Å². The van der Waals surface area contributed by atoms with Gasteiger partial charge in [0.15, 0.2) is 6.10 Å². The molecule has 0 spiro atoms. The van der Waals surface area contributed by atoms with Crippen molar-refractivity contribution in [1.29, 1.82) is 0 Å². The molecule has 0 aliphatic heterocycles. The number of ether oxygens (including phenoxy) is 1. The Morgan fingerprint density at radius 1 is 0.821 bits per heavy atom. The molecule has 0 saturated carbocycles. The number of hydrogen-bond donors (Lipinski definition) is 4. The van der Waals surface area contributed by atoms with Crippen LogP contribution >= 0.6 is 0 Å². The molecule has 0 bridgehead atoms. The molecule has 8 nitrogen and oxygen atoms in total. The third-order valence-electron chi connectivity index (χ3n) is 4.51. The topological polar surface area (TPSA) is 126 Å². The molecule has 0 aromatic rings. The summed E-state index contributed by atoms with van der Waals surface area (Å²) in [5.41, 5.74) is 0. The summed E-state index contributed by atoms with van der Waals surface area (Å²) in [7, 11) is 0. The van der Waals surface area contributed by atoms with E-state index in [2.05, 4.69) is 6.92 Å². The van der Waals surface area contributed by atoms with Gasteiger partial charge in [0.1, 0.15) is 24.9 Å². The predicted octanol–water partition coefficient (Wildman–Crippen LogP) is 1.86. The van der Waals surface area contributed by atoms with Crippen LogP contribution < -0.4 is 0 Å². The van der Waals surface area contributed by atoms with E-state index in [-0.39, 0.29) is 19.6 Å². The Kier molecular flexibility index (Phi) is 17.8. The molecule has 0 saturated heterocycles. The van der Waals surface area contributed by atoms with Gasteiger partial charge in [0.25, 0.3) is 0 Å². The first-order valence-corrected chi connectivity index (χ1v) is 10.6. The minimum Gasteiger partial charge on any atom is -0.457 e. The standard InChI is InChI=1S/C20H40O8/c1-3-5-6-7-8-9-10-11-12-13-18(23)28-17(15-27-26-4-2)20(25)19(24)16(22)14-21/h16-17,19-22,24-25H,3-15H2,1-2H3/t16-,17+,19-,20-/m1/s1. The summed E-state index contributed by atoms with van der Waals surface area (Å²) in [5, 5.41) is 38.3. The van der Waals surface area contributed by atoms with E-state index in [0.29, 0.717) is 6.42 Å². The molecule has 28 heavy (non-hydrogen) atoms. The maximum atomic E-state index is 12.0. The Hall–Kier alpha value is -0.770. The van der Waals surface area contributed by atoms with Gasteiger partial charge in [-0.25, -0.2) is 9.78 Å². The Labute approximate surface area is 168 Å². The van der Waals surface area contributed by atoms with Gasteiger partial charge in [-0.3, -0.25) is 4.79 Å². The fourth-order valence-corrected chi connectivity index (χ4v) is 2.76. The van der Waals surface area contributed by atoms with Crippen molar-refractivity contribution in [2.75, 3.05) is 19.8 Å². The first kappa shape index (κ1) is 27.2. The van der Waals surface area contributed by atoms with Gasteiger partial charge in [0.2, 0.25) is 0 Å². The smallest absolute Gasteiger partial charge is 0.306 e. The molecule has 4 atom stereocenters. The number of carbonyl (C=O) groups excluding carboxylic acids is 1. The number of aliphatic hydroxyl groups is 4. The molecule has 0 unspecified atom stereocenters. The molecule has 0 aromatic carbocycles. The minimum atomic E-state index is -1.68. The Bertz CT molecular complexity index is 366. The lowest BCUT2D eigenvalue weighted by molar-refractivity contribution is -0.309. The average Bonchev–Trinajstić information content (AvgIpc) is 2.70. The molecule has 8 heteroatoms. The molecule has 0 aliphatic rings. The van der Waals surface area contributed by atoms with E-state index in [9.17, 15) is 20.1 Å². The molecule has 0 fully saturated rings. The lowest BCUT2D eigenvalue weighted by Gasteiger charge is -2.28. The summed E-state index contributed by atoms with van der Waals surface area (Å²) in [5.74, 6) is -0.516. The van der Waals surface area contributed by atoms with Gasteiger partial charge in [0, 0.05) is 6.42 Å². The minimum absolute atomic E-state index is 0.201. The average molecular weight is 409 g/mol. The van der Waals surface area contributed by atoms with Crippen LogP contribution in [-0.2, 0) is 19.3 Å². The van der Waals surface area contributed by atoms with Crippen LogP contribution in [0.2, 0.25) is 0 Å². The summed E-state index contributed by atoms with van der Waals surface area (Å²) >= 11 is 0. The van der Waals surface area contributed by atoms with E-state index < -0.39 is 37.0 Å². The molecule has 0 aliphatic carbocycles. The SMILES string of the molecule is CCCCCCCCCCCC(=O)O[C@@H](COOCC)[C@@H](O)[C@H](O)[C@H](O)CO. The van der Waals surface area contributed by atoms with Crippen molar-refractivity contribution in [2.24, 2.45) is 0 Å². The van der Waals surface area contributed by atoms with Crippen LogP contribution in [0.5, 0.6) is 0 Å². The van der Waals surface area contributed by atoms with E-state index in [0.717, 1.165) is 19.3 Å². The summed E-state index contributed by atoms with van der Waals surface area (Å²) < 4.78 is 5.20. The van der Waals surface area contributed by atoms with Gasteiger partial charge in [0.05, 0.1) is 13.2 Å². The van der Waals surface area contributed by atoms with Crippen LogP contribution in [0, 0.1) is 0 Å². The zero-order valence-corrected chi connectivity index (χ0v) is 17.4. The van der Waals surface area contributed by atoms with Crippen molar-refractivity contribution >= 4 is 5.97 Å². The third kappa shape index (κ3) is 13.4. The van der Waals surface area contributed by atoms with Gasteiger partial charge >= 0.3 is 5.97 Å². The van der Waals surface area contributed by atoms with Crippen molar-refractivity contribution < 1.29 is 39.7 Å². The zero-order chi connectivity index (χ0) is 21.2. The molecule has 0 heterocycles. The second kappa shape index (κ2) is 18.3. The van der Waals surface area contributed by atoms with Crippen molar-refractivity contribution in [2.45, 2.75) is 102 Å². The highest BCUT2D eigenvalue weighted by Gasteiger charge is 2.34. The zero-order valence-electron chi connectivity index (χ0n) is 17.4. The second-order valence-corrected chi connectivity index (χ2v) is 7.03. The Balaban J connectivity index is 4.18. The van der Waals surface area contributed by atoms with Gasteiger partial charge in [-0.15, -0.1) is 0 Å². The van der Waals surface area contributed by atoms with Gasteiger partial charge in [-0.2, -0.15) is 0 Å². The number of unbranched alkanes of at least 4 members (excludes halogenated alkanes) is 8. The van der Waals surface area contributed by atoms with Gasteiger partial charge in [-0.05, 0) is 13.3 Å². The van der Waals surface area contributed by atoms with Crippen LogP contribution in [0.1, 0.15) is 78.1 Å². The molecule has 4 N–H and O–H groups in total. The molecular weight excluding hydrogens is 368 g/mol. The molecule has 0 rings (SSSR count). The molecule has 0 amide bonds. The summed E-state index contributed by atoms with van der Waals surface area (Å²) in [6.45, 7) is 3.13. The van der Waals surface area contributed by atoms with Crippen LogP contribution in [-0.4, -0.2) is 70.6 Å². The lowest BCUT2D eigenvalue weighted by atomic mass is 10.0. The largest absolute Gasteiger partial charge is 0.457 e. The fourth-order valence-electron chi connectivity index (χ4n) is 2.76. The Morgan fingerprint density at radius 2 is 1.39 bits per heavy atom. The molecule has 0 radical (unpaired) electrons. The normalized spacial score (nSPS) is 15.8. The highest BCUT2D eigenvalue weighted by atomic mass is 17.2. The highest BCUT2D eigenvalue weighted by molar-refractivity contribution is 5.69. The summed E-state index contributed by atoms with van der Waals surface area (Å²) in [4.78, 5) is 21.6. The third-order valence-corrected chi connectivity index (χ3v) is 4.51. The van der Waals surface area contributed by atoms with Crippen LogP contribution in [0.15, 0.2) is 0 Å². The highest BCUT2D eigenvalue weighted by Crippen LogP contribution is 2.13. The fraction of sp³-hybridized carbons (Fsp3) is 0.950. The van der Waals surface area contributed by atoms with Crippen LogP contribution in [0.3, 0.4) is 0 Å². The van der Waals surface area contributed by atoms with E-state index >= 15 is 0 Å². The molecule has 168 valence electrons. The first-order valence-electron chi connectivity index (χ1n) is 10.6. The lowest BCUT2D eigenvalue weighted by Crippen LogP contribution is -2.49. The van der Waals surface area contributed by atoms with Crippen molar-refractivity contribution in [3.63, 3.8) is 0 Å². The summed E-state index contributed by atoms with van der Waals surface area (Å²) in [6.07, 6.45) is 4.27. The van der Waals surface area contributed by atoms with Crippen LogP contribution in [0.25, 0.3) is 0 Å². The predicted molar refractivity (Wildman–Crippen MR) is 104 cm³/mol. The second-order valence-electron chi connectivity index (χ2n) is 7.03.